The fraction of sp³-hybridized carbons (Fsp3) is 0.632. The minimum Gasteiger partial charge on any atom is -0.378 e. The number of hydrogen-bond donors (Lipinski definition) is 1. The normalized spacial score (nSPS) is 24.1. The molecule has 1 aliphatic carbocycles. The summed E-state index contributed by atoms with van der Waals surface area (Å²) in [5.41, 5.74) is 0.568. The van der Waals surface area contributed by atoms with Crippen LogP contribution in [0.15, 0.2) is 24.5 Å². The van der Waals surface area contributed by atoms with Gasteiger partial charge in [-0.15, -0.1) is 12.4 Å². The van der Waals surface area contributed by atoms with Crippen LogP contribution in [0, 0.1) is 11.8 Å². The molecule has 3 nitrogen and oxygen atoms in total. The van der Waals surface area contributed by atoms with Crippen LogP contribution in [0.5, 0.6) is 0 Å². The molecular formula is C19H27ClN2O. The summed E-state index contributed by atoms with van der Waals surface area (Å²) in [4.78, 5) is 6.70. The number of piperidine rings is 1. The Morgan fingerprint density at radius 2 is 2.04 bits per heavy atom. The molecule has 2 fully saturated rings. The second-order valence-corrected chi connectivity index (χ2v) is 6.66. The third kappa shape index (κ3) is 4.94. The summed E-state index contributed by atoms with van der Waals surface area (Å²) in [5.74, 6) is 6.44. The summed E-state index contributed by atoms with van der Waals surface area (Å²) >= 11 is 0. The molecule has 2 aliphatic rings. The lowest BCUT2D eigenvalue weighted by Crippen LogP contribution is -2.34. The van der Waals surface area contributed by atoms with E-state index in [1.165, 1.54) is 31.2 Å². The smallest absolute Gasteiger partial charge is 0.125 e. The van der Waals surface area contributed by atoms with Crippen molar-refractivity contribution >= 4 is 12.4 Å². The van der Waals surface area contributed by atoms with Crippen LogP contribution in [0.3, 0.4) is 0 Å². The quantitative estimate of drug-likeness (QED) is 0.837. The van der Waals surface area contributed by atoms with Crippen LogP contribution in [0.1, 0.15) is 63.0 Å². The number of aliphatic hydroxyl groups is 1. The van der Waals surface area contributed by atoms with E-state index >= 15 is 0 Å². The lowest BCUT2D eigenvalue weighted by molar-refractivity contribution is 0.0607. The summed E-state index contributed by atoms with van der Waals surface area (Å²) in [6.07, 6.45) is 12.6. The highest BCUT2D eigenvalue weighted by Gasteiger charge is 2.27. The third-order valence-corrected chi connectivity index (χ3v) is 4.97. The van der Waals surface area contributed by atoms with Gasteiger partial charge in [0.1, 0.15) is 5.60 Å². The van der Waals surface area contributed by atoms with Crippen molar-refractivity contribution in [1.82, 2.24) is 9.88 Å². The molecule has 0 aromatic carbocycles. The largest absolute Gasteiger partial charge is 0.378 e. The molecule has 4 heteroatoms. The van der Waals surface area contributed by atoms with Crippen molar-refractivity contribution in [3.8, 4) is 11.8 Å². The summed E-state index contributed by atoms with van der Waals surface area (Å²) in [7, 11) is 0. The Labute approximate surface area is 145 Å². The predicted molar refractivity (Wildman–Crippen MR) is 95.5 cm³/mol. The average molecular weight is 335 g/mol. The van der Waals surface area contributed by atoms with Gasteiger partial charge >= 0.3 is 0 Å². The minimum atomic E-state index is -0.724. The molecule has 0 spiro atoms. The highest BCUT2D eigenvalue weighted by molar-refractivity contribution is 5.85. The zero-order valence-corrected chi connectivity index (χ0v) is 14.5. The molecule has 1 aliphatic heterocycles. The molecule has 1 aromatic rings. The number of halogens is 1. The number of aromatic nitrogens is 1. The fourth-order valence-corrected chi connectivity index (χ4v) is 3.70. The maximum Gasteiger partial charge on any atom is 0.125 e. The van der Waals surface area contributed by atoms with E-state index in [0.29, 0.717) is 6.04 Å². The van der Waals surface area contributed by atoms with Gasteiger partial charge in [-0.25, -0.2) is 0 Å². The Bertz CT molecular complexity index is 531. The molecule has 2 heterocycles. The van der Waals surface area contributed by atoms with E-state index in [0.717, 1.165) is 38.8 Å². The van der Waals surface area contributed by atoms with Crippen molar-refractivity contribution in [3.63, 3.8) is 0 Å². The molecule has 0 radical (unpaired) electrons. The monoisotopic (exact) mass is 334 g/mol. The van der Waals surface area contributed by atoms with Gasteiger partial charge in [0.25, 0.3) is 0 Å². The van der Waals surface area contributed by atoms with Crippen LogP contribution in [0.4, 0.5) is 0 Å². The highest BCUT2D eigenvalue weighted by Crippen LogP contribution is 2.30. The summed E-state index contributed by atoms with van der Waals surface area (Å²) in [6.45, 7) is 1.84. The Kier molecular flexibility index (Phi) is 6.89. The first-order valence-electron chi connectivity index (χ1n) is 8.63. The highest BCUT2D eigenvalue weighted by atomic mass is 35.5. The van der Waals surface area contributed by atoms with E-state index in [9.17, 15) is 5.11 Å². The maximum absolute atomic E-state index is 10.5. The lowest BCUT2D eigenvalue weighted by Gasteiger charge is -2.34. The van der Waals surface area contributed by atoms with E-state index in [4.69, 9.17) is 0 Å². The van der Waals surface area contributed by atoms with Crippen LogP contribution in [-0.4, -0.2) is 33.7 Å². The molecule has 0 bridgehead atoms. The van der Waals surface area contributed by atoms with E-state index in [-0.39, 0.29) is 12.4 Å². The fourth-order valence-electron chi connectivity index (χ4n) is 3.70. The van der Waals surface area contributed by atoms with Crippen molar-refractivity contribution in [1.29, 1.82) is 0 Å². The van der Waals surface area contributed by atoms with Gasteiger partial charge in [-0.3, -0.25) is 9.88 Å². The van der Waals surface area contributed by atoms with E-state index < -0.39 is 5.60 Å². The first-order valence-corrected chi connectivity index (χ1v) is 8.63. The second-order valence-electron chi connectivity index (χ2n) is 6.66. The summed E-state index contributed by atoms with van der Waals surface area (Å²) in [6, 6.07) is 4.61. The molecule has 23 heavy (non-hydrogen) atoms. The Balaban J connectivity index is 0.00000192. The molecule has 1 N–H and O–H groups in total. The predicted octanol–water partition coefficient (Wildman–Crippen LogP) is 3.73. The van der Waals surface area contributed by atoms with Crippen LogP contribution in [-0.2, 0) is 0 Å². The molecule has 126 valence electrons. The molecule has 3 rings (SSSR count). The van der Waals surface area contributed by atoms with Gasteiger partial charge in [-0.1, -0.05) is 30.7 Å². The van der Waals surface area contributed by atoms with E-state index in [1.54, 1.807) is 0 Å². The topological polar surface area (TPSA) is 36.4 Å². The number of likely N-dealkylation sites (tertiary alicyclic amines) is 1. The van der Waals surface area contributed by atoms with Gasteiger partial charge < -0.3 is 5.11 Å². The SMILES string of the molecule is Cl.OC1(C#CCN2CCCC[C@@H]2c2cccnc2)CCCCC1. The number of nitrogens with zero attached hydrogens (tertiary/aromatic N) is 2. The zero-order chi connectivity index (χ0) is 15.3. The first kappa shape index (κ1) is 18.3. The van der Waals surface area contributed by atoms with Crippen LogP contribution in [0.2, 0.25) is 0 Å². The molecule has 0 amide bonds. The Morgan fingerprint density at radius 1 is 1.22 bits per heavy atom. The van der Waals surface area contributed by atoms with Gasteiger partial charge in [0.05, 0.1) is 6.54 Å². The Hall–Kier alpha value is -1.08. The van der Waals surface area contributed by atoms with Gasteiger partial charge in [-0.05, 0) is 56.7 Å². The van der Waals surface area contributed by atoms with Crippen molar-refractivity contribution < 1.29 is 5.11 Å². The van der Waals surface area contributed by atoms with Crippen molar-refractivity contribution in [2.75, 3.05) is 13.1 Å². The minimum absolute atomic E-state index is 0. The van der Waals surface area contributed by atoms with Gasteiger partial charge in [0.15, 0.2) is 0 Å². The Morgan fingerprint density at radius 3 is 2.78 bits per heavy atom. The lowest BCUT2D eigenvalue weighted by atomic mass is 9.85. The van der Waals surface area contributed by atoms with Gasteiger partial charge in [-0.2, -0.15) is 0 Å². The average Bonchev–Trinajstić information content (AvgIpc) is 2.57. The third-order valence-electron chi connectivity index (χ3n) is 4.97. The number of hydrogen-bond acceptors (Lipinski definition) is 3. The molecule has 1 aromatic heterocycles. The van der Waals surface area contributed by atoms with Gasteiger partial charge in [0, 0.05) is 18.4 Å². The first-order chi connectivity index (χ1) is 10.8. The molecule has 1 atom stereocenters. The van der Waals surface area contributed by atoms with Crippen LogP contribution >= 0.6 is 12.4 Å². The van der Waals surface area contributed by atoms with Crippen LogP contribution in [0.25, 0.3) is 0 Å². The van der Waals surface area contributed by atoms with Gasteiger partial charge in [0.2, 0.25) is 0 Å². The molecule has 1 saturated carbocycles. The summed E-state index contributed by atoms with van der Waals surface area (Å²) < 4.78 is 0. The molecule has 0 unspecified atom stereocenters. The van der Waals surface area contributed by atoms with E-state index in [1.807, 2.05) is 18.5 Å². The zero-order valence-electron chi connectivity index (χ0n) is 13.7. The second kappa shape index (κ2) is 8.68. The molecular weight excluding hydrogens is 308 g/mol. The maximum atomic E-state index is 10.5. The number of rotatable bonds is 2. The summed E-state index contributed by atoms with van der Waals surface area (Å²) in [5, 5.41) is 10.5. The van der Waals surface area contributed by atoms with Crippen molar-refractivity contribution in [2.24, 2.45) is 0 Å². The van der Waals surface area contributed by atoms with Crippen molar-refractivity contribution in [3.05, 3.63) is 30.1 Å². The van der Waals surface area contributed by atoms with Crippen molar-refractivity contribution in [2.45, 2.75) is 63.0 Å². The molecule has 1 saturated heterocycles. The standard InChI is InChI=1S/C19H26N2O.ClH/c22-19(10-3-1-4-11-19)12-7-15-21-14-5-2-9-18(21)17-8-6-13-20-16-17;/h6,8,13,16,18,22H,1-5,9-11,14-15H2;1H/t18-;/m1./s1. The van der Waals surface area contributed by atoms with Crippen LogP contribution < -0.4 is 0 Å². The number of pyridine rings is 1. The van der Waals surface area contributed by atoms with E-state index in [2.05, 4.69) is 27.8 Å².